The number of halogens is 1. The van der Waals surface area contributed by atoms with Crippen LogP contribution < -0.4 is 5.32 Å². The van der Waals surface area contributed by atoms with Crippen LogP contribution in [0.5, 0.6) is 0 Å². The molecule has 94 valence electrons. The minimum atomic E-state index is -0.161. The second kappa shape index (κ2) is 4.71. The maximum atomic E-state index is 9.68. The SMILES string of the molecule is Cc1cc(CNC2CC(O)C2(C)C)ccc1Br. The minimum absolute atomic E-state index is 0.00437. The van der Waals surface area contributed by atoms with Crippen molar-refractivity contribution in [2.24, 2.45) is 5.41 Å². The molecule has 1 aromatic rings. The van der Waals surface area contributed by atoms with Gasteiger partial charge in [0.05, 0.1) is 6.10 Å². The van der Waals surface area contributed by atoms with Crippen molar-refractivity contribution >= 4 is 15.9 Å². The highest BCUT2D eigenvalue weighted by molar-refractivity contribution is 9.10. The van der Waals surface area contributed by atoms with E-state index in [9.17, 15) is 5.11 Å². The molecule has 2 unspecified atom stereocenters. The third-order valence-electron chi connectivity index (χ3n) is 3.99. The van der Waals surface area contributed by atoms with Gasteiger partial charge in [-0.05, 0) is 30.5 Å². The van der Waals surface area contributed by atoms with Gasteiger partial charge in [0.25, 0.3) is 0 Å². The molecular formula is C14H20BrNO. The van der Waals surface area contributed by atoms with Gasteiger partial charge in [0.1, 0.15) is 0 Å². The van der Waals surface area contributed by atoms with Crippen molar-refractivity contribution in [1.82, 2.24) is 5.32 Å². The van der Waals surface area contributed by atoms with E-state index in [1.807, 2.05) is 0 Å². The van der Waals surface area contributed by atoms with Crippen molar-refractivity contribution in [2.45, 2.75) is 45.9 Å². The number of hydrogen-bond donors (Lipinski definition) is 2. The summed E-state index contributed by atoms with van der Waals surface area (Å²) in [4.78, 5) is 0. The lowest BCUT2D eigenvalue weighted by molar-refractivity contribution is -0.0729. The molecule has 0 aliphatic heterocycles. The summed E-state index contributed by atoms with van der Waals surface area (Å²) in [6, 6.07) is 6.83. The molecule has 0 spiro atoms. The van der Waals surface area contributed by atoms with E-state index in [1.165, 1.54) is 11.1 Å². The fourth-order valence-corrected chi connectivity index (χ4v) is 2.55. The van der Waals surface area contributed by atoms with E-state index >= 15 is 0 Å². The summed E-state index contributed by atoms with van der Waals surface area (Å²) in [6.07, 6.45) is 0.703. The second-order valence-electron chi connectivity index (χ2n) is 5.59. The van der Waals surface area contributed by atoms with Gasteiger partial charge in [-0.15, -0.1) is 0 Å². The molecule has 0 saturated heterocycles. The van der Waals surface area contributed by atoms with Crippen LogP contribution in [-0.2, 0) is 6.54 Å². The van der Waals surface area contributed by atoms with E-state index in [4.69, 9.17) is 0 Å². The summed E-state index contributed by atoms with van der Waals surface area (Å²) in [7, 11) is 0. The summed E-state index contributed by atoms with van der Waals surface area (Å²) >= 11 is 3.51. The van der Waals surface area contributed by atoms with Crippen LogP contribution in [0.3, 0.4) is 0 Å². The van der Waals surface area contributed by atoms with E-state index in [-0.39, 0.29) is 11.5 Å². The van der Waals surface area contributed by atoms with Crippen LogP contribution in [0.4, 0.5) is 0 Å². The summed E-state index contributed by atoms with van der Waals surface area (Å²) in [5.41, 5.74) is 2.56. The topological polar surface area (TPSA) is 32.3 Å². The van der Waals surface area contributed by atoms with E-state index in [2.05, 4.69) is 60.2 Å². The molecule has 1 fully saturated rings. The number of aliphatic hydroxyl groups excluding tert-OH is 1. The first kappa shape index (κ1) is 13.1. The molecule has 2 rings (SSSR count). The smallest absolute Gasteiger partial charge is 0.0621 e. The van der Waals surface area contributed by atoms with E-state index in [1.54, 1.807) is 0 Å². The molecule has 1 aliphatic carbocycles. The molecule has 17 heavy (non-hydrogen) atoms. The lowest BCUT2D eigenvalue weighted by atomic mass is 9.64. The van der Waals surface area contributed by atoms with Crippen LogP contribution in [0.1, 0.15) is 31.4 Å². The Balaban J connectivity index is 1.93. The molecule has 2 nitrogen and oxygen atoms in total. The van der Waals surface area contributed by atoms with Gasteiger partial charge in [-0.1, -0.05) is 41.9 Å². The summed E-state index contributed by atoms with van der Waals surface area (Å²) in [5.74, 6) is 0. The molecule has 2 atom stereocenters. The fraction of sp³-hybridized carbons (Fsp3) is 0.571. The van der Waals surface area contributed by atoms with Crippen molar-refractivity contribution in [3.05, 3.63) is 33.8 Å². The second-order valence-corrected chi connectivity index (χ2v) is 6.44. The first-order valence-electron chi connectivity index (χ1n) is 6.07. The number of rotatable bonds is 3. The van der Waals surface area contributed by atoms with Crippen molar-refractivity contribution < 1.29 is 5.11 Å². The van der Waals surface area contributed by atoms with Gasteiger partial charge >= 0.3 is 0 Å². The maximum absolute atomic E-state index is 9.68. The molecule has 1 aromatic carbocycles. The Bertz CT molecular complexity index is 417. The normalized spacial score (nSPS) is 26.6. The summed E-state index contributed by atoms with van der Waals surface area (Å²) in [6.45, 7) is 7.21. The Labute approximate surface area is 112 Å². The highest BCUT2D eigenvalue weighted by Crippen LogP contribution is 2.40. The monoisotopic (exact) mass is 297 g/mol. The van der Waals surface area contributed by atoms with Gasteiger partial charge in [0, 0.05) is 22.5 Å². The zero-order valence-electron chi connectivity index (χ0n) is 10.6. The average molecular weight is 298 g/mol. The number of nitrogens with one attached hydrogen (secondary N) is 1. The third-order valence-corrected chi connectivity index (χ3v) is 4.88. The summed E-state index contributed by atoms with van der Waals surface area (Å²) < 4.78 is 1.15. The van der Waals surface area contributed by atoms with Crippen LogP contribution in [0.25, 0.3) is 0 Å². The maximum Gasteiger partial charge on any atom is 0.0621 e. The average Bonchev–Trinajstić information content (AvgIpc) is 2.28. The van der Waals surface area contributed by atoms with E-state index in [0.717, 1.165) is 17.4 Å². The quantitative estimate of drug-likeness (QED) is 0.899. The molecule has 3 heteroatoms. The lowest BCUT2D eigenvalue weighted by Crippen LogP contribution is -2.59. The number of hydrogen-bond acceptors (Lipinski definition) is 2. The van der Waals surface area contributed by atoms with Crippen LogP contribution in [0.15, 0.2) is 22.7 Å². The highest BCUT2D eigenvalue weighted by Gasteiger charge is 2.46. The van der Waals surface area contributed by atoms with Gasteiger partial charge in [0.15, 0.2) is 0 Å². The Kier molecular flexibility index (Phi) is 3.62. The number of aryl methyl sites for hydroxylation is 1. The Hall–Kier alpha value is -0.380. The predicted octanol–water partition coefficient (Wildman–Crippen LogP) is 3.01. The molecule has 1 aliphatic rings. The molecule has 1 saturated carbocycles. The van der Waals surface area contributed by atoms with Crippen LogP contribution >= 0.6 is 15.9 Å². The molecule has 2 N–H and O–H groups in total. The summed E-state index contributed by atoms with van der Waals surface area (Å²) in [5, 5.41) is 13.2. The number of aliphatic hydroxyl groups is 1. The van der Waals surface area contributed by atoms with Crippen molar-refractivity contribution in [3.63, 3.8) is 0 Å². The van der Waals surface area contributed by atoms with Gasteiger partial charge in [-0.3, -0.25) is 0 Å². The van der Waals surface area contributed by atoms with Crippen LogP contribution in [0, 0.1) is 12.3 Å². The predicted molar refractivity (Wildman–Crippen MR) is 73.9 cm³/mol. The van der Waals surface area contributed by atoms with Gasteiger partial charge in [-0.2, -0.15) is 0 Å². The van der Waals surface area contributed by atoms with Crippen molar-refractivity contribution in [3.8, 4) is 0 Å². The Morgan fingerprint density at radius 3 is 2.71 bits per heavy atom. The molecule has 0 bridgehead atoms. The van der Waals surface area contributed by atoms with Crippen LogP contribution in [-0.4, -0.2) is 17.3 Å². The Morgan fingerprint density at radius 1 is 1.47 bits per heavy atom. The molecule has 0 radical (unpaired) electrons. The van der Waals surface area contributed by atoms with E-state index in [0.29, 0.717) is 6.04 Å². The first-order valence-corrected chi connectivity index (χ1v) is 6.87. The highest BCUT2D eigenvalue weighted by atomic mass is 79.9. The standard InChI is InChI=1S/C14H20BrNO/c1-9-6-10(4-5-11(9)15)8-16-12-7-13(17)14(12,2)3/h4-6,12-13,16-17H,7-8H2,1-3H3. The number of benzene rings is 1. The zero-order chi connectivity index (χ0) is 12.6. The Morgan fingerprint density at radius 2 is 2.18 bits per heavy atom. The molecule has 0 amide bonds. The lowest BCUT2D eigenvalue weighted by Gasteiger charge is -2.49. The van der Waals surface area contributed by atoms with Gasteiger partial charge in [-0.25, -0.2) is 0 Å². The molecule has 0 aromatic heterocycles. The molecule has 0 heterocycles. The van der Waals surface area contributed by atoms with Gasteiger partial charge in [0.2, 0.25) is 0 Å². The van der Waals surface area contributed by atoms with Crippen molar-refractivity contribution in [2.75, 3.05) is 0 Å². The third kappa shape index (κ3) is 2.56. The first-order chi connectivity index (χ1) is 7.91. The van der Waals surface area contributed by atoms with Crippen LogP contribution in [0.2, 0.25) is 0 Å². The fourth-order valence-electron chi connectivity index (χ4n) is 2.31. The van der Waals surface area contributed by atoms with Gasteiger partial charge < -0.3 is 10.4 Å². The molecular weight excluding hydrogens is 278 g/mol. The largest absolute Gasteiger partial charge is 0.392 e. The minimum Gasteiger partial charge on any atom is -0.392 e. The van der Waals surface area contributed by atoms with Crippen molar-refractivity contribution in [1.29, 1.82) is 0 Å². The zero-order valence-corrected chi connectivity index (χ0v) is 12.2. The van der Waals surface area contributed by atoms with E-state index < -0.39 is 0 Å².